The fourth-order valence-electron chi connectivity index (χ4n) is 3.21. The monoisotopic (exact) mass is 505 g/mol. The van der Waals surface area contributed by atoms with E-state index in [-0.39, 0.29) is 22.6 Å². The van der Waals surface area contributed by atoms with Crippen LogP contribution in [0.15, 0.2) is 53.7 Å². The van der Waals surface area contributed by atoms with E-state index in [9.17, 15) is 9.59 Å². The Kier molecular flexibility index (Phi) is 9.17. The number of nitrogens with zero attached hydrogens (tertiary/aromatic N) is 3. The number of thioether (sulfide) groups is 1. The number of benzene rings is 2. The molecule has 0 aliphatic heterocycles. The van der Waals surface area contributed by atoms with Gasteiger partial charge in [-0.25, -0.2) is 0 Å². The molecule has 1 atom stereocenters. The van der Waals surface area contributed by atoms with Crippen LogP contribution in [0.2, 0.25) is 10.0 Å². The average Bonchev–Trinajstić information content (AvgIpc) is 3.21. The molecule has 3 aromatic rings. The van der Waals surface area contributed by atoms with Crippen LogP contribution < -0.4 is 10.6 Å². The van der Waals surface area contributed by atoms with E-state index in [1.807, 2.05) is 48.7 Å². The van der Waals surface area contributed by atoms with E-state index < -0.39 is 6.04 Å². The molecule has 2 N–H and O–H groups in total. The SMILES string of the molecule is CCn1c(SCC(=O)NCCc2ccccc2)nnc1[C@H](C)NC(=O)c1ccc(Cl)cc1Cl. The molecule has 174 valence electrons. The van der Waals surface area contributed by atoms with E-state index in [1.165, 1.54) is 23.4 Å². The number of carbonyl (C=O) groups is 2. The number of rotatable bonds is 10. The van der Waals surface area contributed by atoms with Gasteiger partial charge in [-0.2, -0.15) is 0 Å². The third-order valence-corrected chi connectivity index (χ3v) is 6.40. The summed E-state index contributed by atoms with van der Waals surface area (Å²) >= 11 is 13.4. The second kappa shape index (κ2) is 12.1. The zero-order chi connectivity index (χ0) is 23.8. The van der Waals surface area contributed by atoms with Crippen molar-refractivity contribution in [3.05, 3.63) is 75.5 Å². The Morgan fingerprint density at radius 1 is 1.12 bits per heavy atom. The molecular weight excluding hydrogens is 481 g/mol. The van der Waals surface area contributed by atoms with Crippen LogP contribution in [-0.2, 0) is 17.8 Å². The number of hydrogen-bond acceptors (Lipinski definition) is 5. The predicted octanol–water partition coefficient (Wildman–Crippen LogP) is 4.55. The van der Waals surface area contributed by atoms with Gasteiger partial charge in [0, 0.05) is 18.1 Å². The van der Waals surface area contributed by atoms with Crippen molar-refractivity contribution in [1.29, 1.82) is 0 Å². The minimum absolute atomic E-state index is 0.0677. The van der Waals surface area contributed by atoms with E-state index >= 15 is 0 Å². The lowest BCUT2D eigenvalue weighted by Crippen LogP contribution is -2.29. The standard InChI is InChI=1S/C23H25Cl2N5O2S/c1-3-30-21(15(2)27-22(32)18-10-9-17(24)13-19(18)25)28-29-23(30)33-14-20(31)26-12-11-16-7-5-4-6-8-16/h4-10,13,15H,3,11-12,14H2,1-2H3,(H,26,31)(H,27,32)/t15-/m0/s1. The van der Waals surface area contributed by atoms with Crippen LogP contribution in [0.3, 0.4) is 0 Å². The summed E-state index contributed by atoms with van der Waals surface area (Å²) in [5.41, 5.74) is 1.51. The summed E-state index contributed by atoms with van der Waals surface area (Å²) < 4.78 is 1.89. The second-order valence-electron chi connectivity index (χ2n) is 7.28. The molecule has 0 saturated heterocycles. The molecule has 3 rings (SSSR count). The lowest BCUT2D eigenvalue weighted by molar-refractivity contribution is -0.118. The van der Waals surface area contributed by atoms with Gasteiger partial charge in [0.1, 0.15) is 0 Å². The largest absolute Gasteiger partial charge is 0.355 e. The number of amides is 2. The summed E-state index contributed by atoms with van der Waals surface area (Å²) in [6.45, 7) is 4.96. The van der Waals surface area contributed by atoms with Crippen molar-refractivity contribution in [2.24, 2.45) is 0 Å². The maximum atomic E-state index is 12.6. The van der Waals surface area contributed by atoms with Gasteiger partial charge < -0.3 is 15.2 Å². The summed E-state index contributed by atoms with van der Waals surface area (Å²) in [4.78, 5) is 24.9. The van der Waals surface area contributed by atoms with Gasteiger partial charge in [-0.1, -0.05) is 65.3 Å². The molecule has 1 heterocycles. The molecule has 2 aromatic carbocycles. The first-order chi connectivity index (χ1) is 15.9. The van der Waals surface area contributed by atoms with E-state index in [1.54, 1.807) is 12.1 Å². The highest BCUT2D eigenvalue weighted by Gasteiger charge is 2.21. The Labute approximate surface area is 207 Å². The Balaban J connectivity index is 1.55. The molecule has 2 amide bonds. The maximum absolute atomic E-state index is 12.6. The van der Waals surface area contributed by atoms with E-state index in [0.717, 1.165) is 6.42 Å². The van der Waals surface area contributed by atoms with Crippen LogP contribution in [0.4, 0.5) is 0 Å². The van der Waals surface area contributed by atoms with Crippen LogP contribution in [0.1, 0.15) is 41.6 Å². The quantitative estimate of drug-likeness (QED) is 0.394. The maximum Gasteiger partial charge on any atom is 0.253 e. The van der Waals surface area contributed by atoms with E-state index in [2.05, 4.69) is 20.8 Å². The minimum Gasteiger partial charge on any atom is -0.355 e. The van der Waals surface area contributed by atoms with Crippen molar-refractivity contribution in [2.75, 3.05) is 12.3 Å². The lowest BCUT2D eigenvalue weighted by atomic mass is 10.1. The molecule has 0 radical (unpaired) electrons. The van der Waals surface area contributed by atoms with Gasteiger partial charge >= 0.3 is 0 Å². The lowest BCUT2D eigenvalue weighted by Gasteiger charge is -2.15. The number of hydrogen-bond donors (Lipinski definition) is 2. The number of halogens is 2. The van der Waals surface area contributed by atoms with Crippen LogP contribution >= 0.6 is 35.0 Å². The molecular formula is C23H25Cl2N5O2S. The fourth-order valence-corrected chi connectivity index (χ4v) is 4.54. The zero-order valence-corrected chi connectivity index (χ0v) is 20.7. The second-order valence-corrected chi connectivity index (χ2v) is 9.06. The summed E-state index contributed by atoms with van der Waals surface area (Å²) in [6, 6.07) is 14.3. The summed E-state index contributed by atoms with van der Waals surface area (Å²) in [7, 11) is 0. The van der Waals surface area contributed by atoms with Gasteiger partial charge in [0.2, 0.25) is 5.91 Å². The predicted molar refractivity (Wildman–Crippen MR) is 132 cm³/mol. The van der Waals surface area contributed by atoms with Gasteiger partial charge in [0.15, 0.2) is 11.0 Å². The first-order valence-corrected chi connectivity index (χ1v) is 12.3. The molecule has 0 aliphatic rings. The van der Waals surface area contributed by atoms with Crippen molar-refractivity contribution in [3.63, 3.8) is 0 Å². The van der Waals surface area contributed by atoms with Crippen LogP contribution in [0, 0.1) is 0 Å². The zero-order valence-electron chi connectivity index (χ0n) is 18.3. The molecule has 1 aromatic heterocycles. The summed E-state index contributed by atoms with van der Waals surface area (Å²) in [6.07, 6.45) is 0.779. The fraction of sp³-hybridized carbons (Fsp3) is 0.304. The van der Waals surface area contributed by atoms with Crippen molar-refractivity contribution in [1.82, 2.24) is 25.4 Å². The normalized spacial score (nSPS) is 11.8. The molecule has 0 unspecified atom stereocenters. The molecule has 0 fully saturated rings. The Hall–Kier alpha value is -2.55. The van der Waals surface area contributed by atoms with Gasteiger partial charge in [0.25, 0.3) is 5.91 Å². The third-order valence-electron chi connectivity index (χ3n) is 4.88. The van der Waals surface area contributed by atoms with Crippen LogP contribution in [0.5, 0.6) is 0 Å². The topological polar surface area (TPSA) is 88.9 Å². The first kappa shape index (κ1) is 25.1. The van der Waals surface area contributed by atoms with E-state index in [0.29, 0.717) is 34.7 Å². The smallest absolute Gasteiger partial charge is 0.253 e. The molecule has 10 heteroatoms. The van der Waals surface area contributed by atoms with Crippen molar-refractivity contribution >= 4 is 46.8 Å². The third kappa shape index (κ3) is 6.96. The highest BCUT2D eigenvalue weighted by Crippen LogP contribution is 2.23. The highest BCUT2D eigenvalue weighted by molar-refractivity contribution is 7.99. The van der Waals surface area contributed by atoms with E-state index in [4.69, 9.17) is 23.2 Å². The molecule has 0 bridgehead atoms. The van der Waals surface area contributed by atoms with Gasteiger partial charge in [-0.15, -0.1) is 10.2 Å². The van der Waals surface area contributed by atoms with Gasteiger partial charge in [0.05, 0.1) is 22.4 Å². The van der Waals surface area contributed by atoms with Gasteiger partial charge in [-0.05, 0) is 44.0 Å². The van der Waals surface area contributed by atoms with Crippen LogP contribution in [0.25, 0.3) is 0 Å². The molecule has 0 aliphatic carbocycles. The Morgan fingerprint density at radius 3 is 2.58 bits per heavy atom. The molecule has 0 saturated carbocycles. The van der Waals surface area contributed by atoms with Crippen molar-refractivity contribution in [2.45, 2.75) is 38.0 Å². The summed E-state index contributed by atoms with van der Waals surface area (Å²) in [5, 5.41) is 15.6. The summed E-state index contributed by atoms with van der Waals surface area (Å²) in [5.74, 6) is 0.431. The molecule has 33 heavy (non-hydrogen) atoms. The number of carbonyl (C=O) groups excluding carboxylic acids is 2. The van der Waals surface area contributed by atoms with Crippen molar-refractivity contribution < 1.29 is 9.59 Å². The molecule has 0 spiro atoms. The number of nitrogens with one attached hydrogen (secondary N) is 2. The minimum atomic E-state index is -0.411. The Morgan fingerprint density at radius 2 is 1.88 bits per heavy atom. The average molecular weight is 506 g/mol. The van der Waals surface area contributed by atoms with Crippen LogP contribution in [-0.4, -0.2) is 38.9 Å². The Bertz CT molecular complexity index is 1110. The highest BCUT2D eigenvalue weighted by atomic mass is 35.5. The molecule has 7 nitrogen and oxygen atoms in total. The number of aromatic nitrogens is 3. The van der Waals surface area contributed by atoms with Gasteiger partial charge in [-0.3, -0.25) is 9.59 Å². The first-order valence-electron chi connectivity index (χ1n) is 10.5. The van der Waals surface area contributed by atoms with Crippen molar-refractivity contribution in [3.8, 4) is 0 Å².